The van der Waals surface area contributed by atoms with Crippen LogP contribution in [0.1, 0.15) is 12.8 Å². The van der Waals surface area contributed by atoms with Crippen LogP contribution in [0.15, 0.2) is 0 Å². The second kappa shape index (κ2) is 7.17. The van der Waals surface area contributed by atoms with Crippen molar-refractivity contribution in [2.45, 2.75) is 25.1 Å². The lowest BCUT2D eigenvalue weighted by Crippen LogP contribution is -2.43. The fourth-order valence-corrected chi connectivity index (χ4v) is 1.42. The normalized spacial score (nSPS) is 21.4. The monoisotopic (exact) mass is 273 g/mol. The predicted octanol–water partition coefficient (Wildman–Crippen LogP) is 0.0648. The summed E-state index contributed by atoms with van der Waals surface area (Å²) in [5, 5.41) is 26.5. The van der Waals surface area contributed by atoms with E-state index in [9.17, 15) is 13.2 Å². The van der Waals surface area contributed by atoms with Crippen LogP contribution < -0.4 is 5.32 Å². The van der Waals surface area contributed by atoms with E-state index in [1.165, 1.54) is 0 Å². The average molecular weight is 273 g/mol. The first-order valence-electron chi connectivity index (χ1n) is 5.08. The topological polar surface area (TPSA) is 107 Å². The molecule has 0 aliphatic carbocycles. The quantitative estimate of drug-likeness (QED) is 0.503. The molecule has 1 heterocycles. The van der Waals surface area contributed by atoms with Gasteiger partial charge in [0.15, 0.2) is 6.10 Å². The minimum absolute atomic E-state index is 0.265. The van der Waals surface area contributed by atoms with Crippen LogP contribution in [0.25, 0.3) is 0 Å². The molecule has 106 valence electrons. The van der Waals surface area contributed by atoms with Gasteiger partial charge in [0.05, 0.1) is 0 Å². The Bertz CT molecular complexity index is 276. The molecule has 0 aromatic carbocycles. The van der Waals surface area contributed by atoms with Crippen molar-refractivity contribution < 1.29 is 38.1 Å². The van der Waals surface area contributed by atoms with Gasteiger partial charge in [-0.2, -0.15) is 13.2 Å². The van der Waals surface area contributed by atoms with Crippen LogP contribution in [0.5, 0.6) is 0 Å². The number of carbonyl (C=O) groups is 2. The zero-order valence-electron chi connectivity index (χ0n) is 9.28. The number of aliphatic hydroxyl groups is 1. The van der Waals surface area contributed by atoms with Gasteiger partial charge in [0.2, 0.25) is 0 Å². The van der Waals surface area contributed by atoms with Gasteiger partial charge >= 0.3 is 18.1 Å². The molecule has 1 rings (SSSR count). The summed E-state index contributed by atoms with van der Waals surface area (Å²) in [6, 6.07) is 0. The lowest BCUT2D eigenvalue weighted by atomic mass is 9.93. The van der Waals surface area contributed by atoms with Gasteiger partial charge in [-0.25, -0.2) is 9.59 Å². The van der Waals surface area contributed by atoms with E-state index in [0.717, 1.165) is 6.54 Å². The number of piperidine rings is 1. The van der Waals surface area contributed by atoms with Crippen molar-refractivity contribution in [3.05, 3.63) is 0 Å². The maximum Gasteiger partial charge on any atom is 0.414 e. The number of hydrogen-bond acceptors (Lipinski definition) is 4. The molecule has 1 aliphatic rings. The van der Waals surface area contributed by atoms with E-state index in [1.807, 2.05) is 0 Å². The summed E-state index contributed by atoms with van der Waals surface area (Å²) in [6.07, 6.45) is -5.47. The third kappa shape index (κ3) is 6.40. The minimum Gasteiger partial charge on any atom is -0.473 e. The van der Waals surface area contributed by atoms with Crippen molar-refractivity contribution in [1.82, 2.24) is 5.32 Å². The van der Waals surface area contributed by atoms with E-state index in [4.69, 9.17) is 24.9 Å². The van der Waals surface area contributed by atoms with Crippen molar-refractivity contribution in [1.29, 1.82) is 0 Å². The van der Waals surface area contributed by atoms with Gasteiger partial charge in [-0.05, 0) is 19.4 Å². The predicted molar refractivity (Wildman–Crippen MR) is 52.9 cm³/mol. The van der Waals surface area contributed by atoms with Crippen LogP contribution >= 0.6 is 0 Å². The maximum atomic E-state index is 12.0. The van der Waals surface area contributed by atoms with E-state index in [1.54, 1.807) is 0 Å². The summed E-state index contributed by atoms with van der Waals surface area (Å²) in [5.74, 6) is -4.32. The Morgan fingerprint density at radius 1 is 1.22 bits per heavy atom. The molecule has 18 heavy (non-hydrogen) atoms. The third-order valence-electron chi connectivity index (χ3n) is 2.30. The fourth-order valence-electron chi connectivity index (χ4n) is 1.42. The van der Waals surface area contributed by atoms with E-state index in [-0.39, 0.29) is 6.54 Å². The van der Waals surface area contributed by atoms with Crippen LogP contribution in [0.3, 0.4) is 0 Å². The SMILES string of the molecule is O=C(O)C(=O)O.OC(C1CCCNC1)C(F)(F)F. The van der Waals surface area contributed by atoms with Crippen molar-refractivity contribution >= 4 is 11.9 Å². The number of alkyl halides is 3. The van der Waals surface area contributed by atoms with Crippen molar-refractivity contribution in [2.24, 2.45) is 5.92 Å². The maximum absolute atomic E-state index is 12.0. The van der Waals surface area contributed by atoms with Crippen LogP contribution in [0.4, 0.5) is 13.2 Å². The summed E-state index contributed by atoms with van der Waals surface area (Å²) in [7, 11) is 0. The number of halogens is 3. The van der Waals surface area contributed by atoms with Gasteiger partial charge in [0, 0.05) is 12.5 Å². The Hall–Kier alpha value is -1.35. The molecular weight excluding hydrogens is 259 g/mol. The first kappa shape index (κ1) is 16.6. The number of carboxylic acids is 2. The van der Waals surface area contributed by atoms with Crippen LogP contribution in [0, 0.1) is 5.92 Å². The molecule has 2 atom stereocenters. The molecule has 0 aromatic heterocycles. The number of hydrogen-bond donors (Lipinski definition) is 4. The molecule has 1 aliphatic heterocycles. The number of aliphatic carboxylic acids is 2. The largest absolute Gasteiger partial charge is 0.473 e. The summed E-state index contributed by atoms with van der Waals surface area (Å²) < 4.78 is 35.9. The van der Waals surface area contributed by atoms with E-state index >= 15 is 0 Å². The Kier molecular flexibility index (Phi) is 6.63. The molecule has 1 saturated heterocycles. The Morgan fingerprint density at radius 3 is 2.00 bits per heavy atom. The summed E-state index contributed by atoms with van der Waals surface area (Å²) in [4.78, 5) is 18.2. The Morgan fingerprint density at radius 2 is 1.72 bits per heavy atom. The molecule has 6 nitrogen and oxygen atoms in total. The molecule has 0 amide bonds. The zero-order chi connectivity index (χ0) is 14.3. The zero-order valence-corrected chi connectivity index (χ0v) is 9.28. The highest BCUT2D eigenvalue weighted by molar-refractivity contribution is 6.27. The molecule has 0 bridgehead atoms. The number of aliphatic hydroxyl groups excluding tert-OH is 1. The lowest BCUT2D eigenvalue weighted by Gasteiger charge is -2.28. The summed E-state index contributed by atoms with van der Waals surface area (Å²) in [5.41, 5.74) is 0. The summed E-state index contributed by atoms with van der Waals surface area (Å²) >= 11 is 0. The van der Waals surface area contributed by atoms with Crippen molar-refractivity contribution in [3.63, 3.8) is 0 Å². The van der Waals surface area contributed by atoms with Gasteiger partial charge in [0.25, 0.3) is 0 Å². The highest BCUT2D eigenvalue weighted by Gasteiger charge is 2.43. The number of carboxylic acid groups (broad SMARTS) is 2. The van der Waals surface area contributed by atoms with E-state index in [0.29, 0.717) is 12.8 Å². The smallest absolute Gasteiger partial charge is 0.414 e. The Balaban J connectivity index is 0.000000411. The van der Waals surface area contributed by atoms with Crippen molar-refractivity contribution in [2.75, 3.05) is 13.1 Å². The standard InChI is InChI=1S/C7H12F3NO.C2H2O4/c8-7(9,10)6(12)5-2-1-3-11-4-5;3-1(4)2(5)6/h5-6,11-12H,1-4H2;(H,3,4)(H,5,6). The number of rotatable bonds is 1. The van der Waals surface area contributed by atoms with Crippen molar-refractivity contribution in [3.8, 4) is 0 Å². The Labute approximate surface area is 100 Å². The van der Waals surface area contributed by atoms with Gasteiger partial charge in [-0.1, -0.05) is 0 Å². The fraction of sp³-hybridized carbons (Fsp3) is 0.778. The molecule has 9 heteroatoms. The molecule has 0 radical (unpaired) electrons. The molecule has 0 spiro atoms. The van der Waals surface area contributed by atoms with Crippen LogP contribution in [0.2, 0.25) is 0 Å². The second-order valence-corrected chi connectivity index (χ2v) is 3.70. The molecule has 4 N–H and O–H groups in total. The average Bonchev–Trinajstić information content (AvgIpc) is 2.28. The summed E-state index contributed by atoms with van der Waals surface area (Å²) in [6.45, 7) is 1.02. The molecule has 2 unspecified atom stereocenters. The van der Waals surface area contributed by atoms with Gasteiger partial charge < -0.3 is 20.6 Å². The third-order valence-corrected chi connectivity index (χ3v) is 2.30. The first-order chi connectivity index (χ1) is 8.16. The molecule has 0 saturated carbocycles. The van der Waals surface area contributed by atoms with Gasteiger partial charge in [0.1, 0.15) is 0 Å². The first-order valence-corrected chi connectivity index (χ1v) is 5.08. The lowest BCUT2D eigenvalue weighted by molar-refractivity contribution is -0.220. The second-order valence-electron chi connectivity index (χ2n) is 3.70. The highest BCUT2D eigenvalue weighted by Crippen LogP contribution is 2.28. The minimum atomic E-state index is -4.47. The van der Waals surface area contributed by atoms with E-state index < -0.39 is 30.1 Å². The molecule has 0 aromatic rings. The van der Waals surface area contributed by atoms with Crippen LogP contribution in [-0.4, -0.2) is 52.6 Å². The highest BCUT2D eigenvalue weighted by atomic mass is 19.4. The molecule has 1 fully saturated rings. The van der Waals surface area contributed by atoms with Gasteiger partial charge in [-0.3, -0.25) is 0 Å². The number of nitrogens with one attached hydrogen (secondary N) is 1. The van der Waals surface area contributed by atoms with Crippen LogP contribution in [-0.2, 0) is 9.59 Å². The molecular formula is C9H14F3NO5. The van der Waals surface area contributed by atoms with Gasteiger partial charge in [-0.15, -0.1) is 0 Å². The van der Waals surface area contributed by atoms with E-state index in [2.05, 4.69) is 5.32 Å².